The molecule has 0 spiro atoms. The van der Waals surface area contributed by atoms with Crippen molar-refractivity contribution >= 4 is 38.1 Å². The van der Waals surface area contributed by atoms with Gasteiger partial charge in [0.25, 0.3) is 0 Å². The van der Waals surface area contributed by atoms with Crippen molar-refractivity contribution in [3.63, 3.8) is 0 Å². The zero-order valence-electron chi connectivity index (χ0n) is 14.6. The predicted molar refractivity (Wildman–Crippen MR) is 106 cm³/mol. The second-order valence-electron chi connectivity index (χ2n) is 7.42. The normalized spacial score (nSPS) is 18.6. The van der Waals surface area contributed by atoms with E-state index in [4.69, 9.17) is 0 Å². The molecule has 0 bridgehead atoms. The van der Waals surface area contributed by atoms with Crippen molar-refractivity contribution in [2.75, 3.05) is 0 Å². The topological polar surface area (TPSA) is 17.1 Å². The van der Waals surface area contributed by atoms with Crippen molar-refractivity contribution in [1.29, 1.82) is 0 Å². The predicted octanol–water partition coefficient (Wildman–Crippen LogP) is 6.37. The number of aryl methyl sites for hydroxylation is 1. The molecule has 0 aliphatic heterocycles. The van der Waals surface area contributed by atoms with Gasteiger partial charge < -0.3 is 0 Å². The Morgan fingerprint density at radius 2 is 1.52 bits per heavy atom. The molecule has 0 radical (unpaired) electrons. The fourth-order valence-electron chi connectivity index (χ4n) is 4.81. The fourth-order valence-corrected chi connectivity index (χ4v) is 4.81. The summed E-state index contributed by atoms with van der Waals surface area (Å²) in [5.74, 6) is 0.513. The Hall–Kier alpha value is -2.41. The van der Waals surface area contributed by atoms with Crippen LogP contribution in [0.2, 0.25) is 0 Å². The molecule has 1 saturated carbocycles. The lowest BCUT2D eigenvalue weighted by Crippen LogP contribution is -2.17. The largest absolute Gasteiger partial charge is 0.299 e. The van der Waals surface area contributed by atoms with Crippen LogP contribution in [0.5, 0.6) is 0 Å². The maximum absolute atomic E-state index is 12.6. The molecule has 0 amide bonds. The van der Waals surface area contributed by atoms with Crippen molar-refractivity contribution in [1.82, 2.24) is 0 Å². The standard InChI is InChI=1S/C24H22O/c1-2-15-7-8-16-9-10-17-11-12-19(20-5-3-4-6-22(20)25)21-14-13-18(15)23(16)24(17)21/h7-14,20H,2-6H2,1H3. The van der Waals surface area contributed by atoms with E-state index < -0.39 is 0 Å². The molecule has 1 nitrogen and oxygen atoms in total. The van der Waals surface area contributed by atoms with Gasteiger partial charge in [0.2, 0.25) is 0 Å². The van der Waals surface area contributed by atoms with Crippen molar-refractivity contribution in [3.8, 4) is 0 Å². The van der Waals surface area contributed by atoms with E-state index in [1.807, 2.05) is 0 Å². The smallest absolute Gasteiger partial charge is 0.140 e. The molecule has 1 unspecified atom stereocenters. The van der Waals surface area contributed by atoms with E-state index in [1.54, 1.807) is 0 Å². The molecule has 124 valence electrons. The molecule has 4 aromatic carbocycles. The van der Waals surface area contributed by atoms with Gasteiger partial charge in [0.1, 0.15) is 5.78 Å². The van der Waals surface area contributed by atoms with E-state index in [1.165, 1.54) is 49.9 Å². The summed E-state index contributed by atoms with van der Waals surface area (Å²) in [7, 11) is 0. The minimum atomic E-state index is 0.0870. The van der Waals surface area contributed by atoms with Gasteiger partial charge in [-0.15, -0.1) is 0 Å². The number of carbonyl (C=O) groups excluding carboxylic acids is 1. The van der Waals surface area contributed by atoms with Crippen LogP contribution in [-0.2, 0) is 11.2 Å². The van der Waals surface area contributed by atoms with Crippen LogP contribution in [0, 0.1) is 0 Å². The Kier molecular flexibility index (Phi) is 3.31. The van der Waals surface area contributed by atoms with Crippen molar-refractivity contribution in [3.05, 3.63) is 59.7 Å². The van der Waals surface area contributed by atoms with Gasteiger partial charge in [0.05, 0.1) is 0 Å². The van der Waals surface area contributed by atoms with Crippen LogP contribution < -0.4 is 0 Å². The summed E-state index contributed by atoms with van der Waals surface area (Å²) in [6.07, 6.45) is 5.01. The van der Waals surface area contributed by atoms with Gasteiger partial charge in [-0.3, -0.25) is 4.79 Å². The van der Waals surface area contributed by atoms with Crippen molar-refractivity contribution in [2.24, 2.45) is 0 Å². The van der Waals surface area contributed by atoms with Gasteiger partial charge in [-0.05, 0) is 62.7 Å². The van der Waals surface area contributed by atoms with Crippen LogP contribution in [-0.4, -0.2) is 5.78 Å². The first kappa shape index (κ1) is 14.9. The van der Waals surface area contributed by atoms with E-state index >= 15 is 0 Å². The third-order valence-corrected chi connectivity index (χ3v) is 6.10. The van der Waals surface area contributed by atoms with Crippen LogP contribution in [0.4, 0.5) is 0 Å². The van der Waals surface area contributed by atoms with Crippen molar-refractivity contribution in [2.45, 2.75) is 44.9 Å². The molecule has 0 aromatic heterocycles. The van der Waals surface area contributed by atoms with Gasteiger partial charge in [0, 0.05) is 12.3 Å². The van der Waals surface area contributed by atoms with E-state index in [9.17, 15) is 4.79 Å². The van der Waals surface area contributed by atoms with Crippen LogP contribution in [0.3, 0.4) is 0 Å². The number of carbonyl (C=O) groups is 1. The average molecular weight is 326 g/mol. The lowest BCUT2D eigenvalue weighted by Gasteiger charge is -2.23. The molecular formula is C24H22O. The third-order valence-electron chi connectivity index (χ3n) is 6.10. The highest BCUT2D eigenvalue weighted by Crippen LogP contribution is 2.41. The molecule has 4 aromatic rings. The molecule has 0 saturated heterocycles. The Morgan fingerprint density at radius 1 is 0.840 bits per heavy atom. The summed E-state index contributed by atoms with van der Waals surface area (Å²) < 4.78 is 0. The molecule has 25 heavy (non-hydrogen) atoms. The summed E-state index contributed by atoms with van der Waals surface area (Å²) in [4.78, 5) is 12.6. The monoisotopic (exact) mass is 326 g/mol. The van der Waals surface area contributed by atoms with Gasteiger partial charge >= 0.3 is 0 Å². The first-order chi connectivity index (χ1) is 12.3. The molecule has 1 heteroatoms. The van der Waals surface area contributed by atoms with E-state index in [0.717, 1.165) is 25.7 Å². The van der Waals surface area contributed by atoms with Crippen LogP contribution in [0.25, 0.3) is 32.3 Å². The van der Waals surface area contributed by atoms with Gasteiger partial charge in [-0.25, -0.2) is 0 Å². The average Bonchev–Trinajstić information content (AvgIpc) is 2.66. The second kappa shape index (κ2) is 5.56. The number of rotatable bonds is 2. The van der Waals surface area contributed by atoms with Crippen LogP contribution in [0.15, 0.2) is 48.5 Å². The Labute approximate surface area is 148 Å². The van der Waals surface area contributed by atoms with E-state index in [-0.39, 0.29) is 5.92 Å². The summed E-state index contributed by atoms with van der Waals surface area (Å²) in [6.45, 7) is 2.22. The van der Waals surface area contributed by atoms with Crippen LogP contribution >= 0.6 is 0 Å². The molecule has 1 fully saturated rings. The minimum absolute atomic E-state index is 0.0870. The molecule has 1 aliphatic rings. The minimum Gasteiger partial charge on any atom is -0.299 e. The first-order valence-corrected chi connectivity index (χ1v) is 9.50. The molecule has 0 heterocycles. The third kappa shape index (κ3) is 2.12. The van der Waals surface area contributed by atoms with Crippen LogP contribution in [0.1, 0.15) is 49.7 Å². The summed E-state index contributed by atoms with van der Waals surface area (Å²) in [6, 6.07) is 17.9. The first-order valence-electron chi connectivity index (χ1n) is 9.50. The summed E-state index contributed by atoms with van der Waals surface area (Å²) in [5.41, 5.74) is 2.65. The maximum atomic E-state index is 12.6. The molecule has 0 N–H and O–H groups in total. The maximum Gasteiger partial charge on any atom is 0.140 e. The van der Waals surface area contributed by atoms with Gasteiger partial charge in [-0.2, -0.15) is 0 Å². The SMILES string of the molecule is CCc1ccc2ccc3ccc(C4CCCCC4=O)c4ccc1c2c34. The number of Topliss-reactive ketones (excluding diaryl/α,β-unsaturated/α-hetero) is 1. The molecule has 5 rings (SSSR count). The van der Waals surface area contributed by atoms with Crippen molar-refractivity contribution < 1.29 is 4.79 Å². The molecular weight excluding hydrogens is 304 g/mol. The molecule has 1 aliphatic carbocycles. The summed E-state index contributed by atoms with van der Waals surface area (Å²) in [5, 5.41) is 7.96. The number of benzene rings is 4. The Balaban J connectivity index is 1.89. The molecule has 1 atom stereocenters. The lowest BCUT2D eigenvalue weighted by molar-refractivity contribution is -0.121. The second-order valence-corrected chi connectivity index (χ2v) is 7.42. The van der Waals surface area contributed by atoms with Gasteiger partial charge in [0.15, 0.2) is 0 Å². The quantitative estimate of drug-likeness (QED) is 0.391. The Morgan fingerprint density at radius 3 is 2.28 bits per heavy atom. The highest BCUT2D eigenvalue weighted by molar-refractivity contribution is 6.24. The highest BCUT2D eigenvalue weighted by atomic mass is 16.1. The highest BCUT2D eigenvalue weighted by Gasteiger charge is 2.26. The zero-order chi connectivity index (χ0) is 17.0. The summed E-state index contributed by atoms with van der Waals surface area (Å²) >= 11 is 0. The number of hydrogen-bond acceptors (Lipinski definition) is 1. The Bertz CT molecular complexity index is 1110. The van der Waals surface area contributed by atoms with E-state index in [0.29, 0.717) is 5.78 Å². The van der Waals surface area contributed by atoms with E-state index in [2.05, 4.69) is 55.5 Å². The zero-order valence-corrected chi connectivity index (χ0v) is 14.6. The number of hydrogen-bond donors (Lipinski definition) is 0. The lowest BCUT2D eigenvalue weighted by atomic mass is 9.79. The number of ketones is 1. The fraction of sp³-hybridized carbons (Fsp3) is 0.292. The van der Waals surface area contributed by atoms with Gasteiger partial charge in [-0.1, -0.05) is 61.9 Å².